The van der Waals surface area contributed by atoms with Gasteiger partial charge in [0.1, 0.15) is 11.6 Å². The van der Waals surface area contributed by atoms with Crippen LogP contribution in [0.2, 0.25) is 10.0 Å². The molecule has 120 valence electrons. The summed E-state index contributed by atoms with van der Waals surface area (Å²) in [5.74, 6) is -0.441. The summed E-state index contributed by atoms with van der Waals surface area (Å²) in [5, 5.41) is 4.58. The molecule has 1 amide bonds. The van der Waals surface area contributed by atoms with Crippen LogP contribution in [0.3, 0.4) is 0 Å². The lowest BCUT2D eigenvalue weighted by Gasteiger charge is -2.14. The number of hydrazone groups is 1. The van der Waals surface area contributed by atoms with Gasteiger partial charge < -0.3 is 4.74 Å². The highest BCUT2D eigenvalue weighted by Crippen LogP contribution is 2.28. The first-order valence-corrected chi connectivity index (χ1v) is 7.41. The number of nitrogens with zero attached hydrogens (tertiary/aromatic N) is 1. The van der Waals surface area contributed by atoms with Crippen LogP contribution in [-0.2, 0) is 4.79 Å². The number of carbonyl (C=O) groups is 1. The van der Waals surface area contributed by atoms with Crippen LogP contribution in [0.15, 0.2) is 47.6 Å². The van der Waals surface area contributed by atoms with Crippen LogP contribution in [0.25, 0.3) is 0 Å². The van der Waals surface area contributed by atoms with Crippen LogP contribution >= 0.6 is 23.2 Å². The zero-order chi connectivity index (χ0) is 16.8. The Hall–Kier alpha value is -2.11. The predicted octanol–water partition coefficient (Wildman–Crippen LogP) is 4.05. The number of benzene rings is 2. The molecule has 0 saturated carbocycles. The van der Waals surface area contributed by atoms with Gasteiger partial charge in [0.15, 0.2) is 6.10 Å². The molecule has 1 unspecified atom stereocenters. The number of carbonyl (C=O) groups excluding carboxylic acids is 1. The summed E-state index contributed by atoms with van der Waals surface area (Å²) in [7, 11) is 0. The molecule has 0 aliphatic carbocycles. The SMILES string of the molecule is CC(Oc1ccc(Cl)cc1Cl)C(=O)NN=Cc1ccc(F)cc1. The number of hydrogen-bond donors (Lipinski definition) is 1. The van der Waals surface area contributed by atoms with Crippen LogP contribution in [0, 0.1) is 5.82 Å². The van der Waals surface area contributed by atoms with Gasteiger partial charge in [-0.3, -0.25) is 4.79 Å². The summed E-state index contributed by atoms with van der Waals surface area (Å²) in [5.41, 5.74) is 2.99. The molecule has 0 saturated heterocycles. The van der Waals surface area contributed by atoms with E-state index in [1.807, 2.05) is 0 Å². The maximum Gasteiger partial charge on any atom is 0.280 e. The average molecular weight is 355 g/mol. The first-order chi connectivity index (χ1) is 11.0. The number of amides is 1. The molecule has 2 rings (SSSR count). The van der Waals surface area contributed by atoms with Gasteiger partial charge in [-0.05, 0) is 42.8 Å². The molecule has 7 heteroatoms. The van der Waals surface area contributed by atoms with E-state index in [0.717, 1.165) is 0 Å². The van der Waals surface area contributed by atoms with Crippen LogP contribution in [0.1, 0.15) is 12.5 Å². The fraction of sp³-hybridized carbons (Fsp3) is 0.125. The fourth-order valence-electron chi connectivity index (χ4n) is 1.62. The largest absolute Gasteiger partial charge is 0.479 e. The number of rotatable bonds is 5. The molecule has 0 aliphatic heterocycles. The van der Waals surface area contributed by atoms with E-state index in [0.29, 0.717) is 21.4 Å². The smallest absolute Gasteiger partial charge is 0.280 e. The summed E-state index contributed by atoms with van der Waals surface area (Å²) >= 11 is 11.8. The zero-order valence-corrected chi connectivity index (χ0v) is 13.6. The van der Waals surface area contributed by atoms with Crippen molar-refractivity contribution in [3.8, 4) is 5.75 Å². The molecule has 1 atom stereocenters. The van der Waals surface area contributed by atoms with Crippen molar-refractivity contribution in [1.29, 1.82) is 0 Å². The Morgan fingerprint density at radius 3 is 2.61 bits per heavy atom. The van der Waals surface area contributed by atoms with Gasteiger partial charge in [0.05, 0.1) is 11.2 Å². The number of nitrogens with one attached hydrogen (secondary N) is 1. The molecule has 1 N–H and O–H groups in total. The monoisotopic (exact) mass is 354 g/mol. The molecule has 2 aromatic rings. The third kappa shape index (κ3) is 5.23. The van der Waals surface area contributed by atoms with Gasteiger partial charge in [-0.1, -0.05) is 35.3 Å². The van der Waals surface area contributed by atoms with E-state index in [4.69, 9.17) is 27.9 Å². The molecular formula is C16H13Cl2FN2O2. The Morgan fingerprint density at radius 1 is 1.26 bits per heavy atom. The summed E-state index contributed by atoms with van der Waals surface area (Å²) in [6, 6.07) is 10.4. The number of halogens is 3. The normalized spacial score (nSPS) is 12.2. The van der Waals surface area contributed by atoms with Crippen LogP contribution < -0.4 is 10.2 Å². The Labute approximate surface area is 142 Å². The van der Waals surface area contributed by atoms with Gasteiger partial charge in [0, 0.05) is 5.02 Å². The average Bonchev–Trinajstić information content (AvgIpc) is 2.51. The standard InChI is InChI=1S/C16H13Cl2FN2O2/c1-10(23-15-7-4-12(17)8-14(15)18)16(22)21-20-9-11-2-5-13(19)6-3-11/h2-10H,1H3,(H,21,22). The van der Waals surface area contributed by atoms with Crippen molar-refractivity contribution in [3.63, 3.8) is 0 Å². The van der Waals surface area contributed by atoms with Crippen LogP contribution in [-0.4, -0.2) is 18.2 Å². The van der Waals surface area contributed by atoms with Crippen molar-refractivity contribution in [3.05, 3.63) is 63.9 Å². The number of hydrogen-bond acceptors (Lipinski definition) is 3. The minimum Gasteiger partial charge on any atom is -0.479 e. The van der Waals surface area contributed by atoms with Crippen LogP contribution in [0.5, 0.6) is 5.75 Å². The van der Waals surface area contributed by atoms with E-state index in [9.17, 15) is 9.18 Å². The van der Waals surface area contributed by atoms with Gasteiger partial charge in [-0.15, -0.1) is 0 Å². The van der Waals surface area contributed by atoms with Crippen molar-refractivity contribution in [2.45, 2.75) is 13.0 Å². The van der Waals surface area contributed by atoms with E-state index in [1.165, 1.54) is 24.4 Å². The molecule has 0 spiro atoms. The van der Waals surface area contributed by atoms with Gasteiger partial charge in [-0.2, -0.15) is 5.10 Å². The first kappa shape index (κ1) is 17.2. The Bertz CT molecular complexity index is 721. The quantitative estimate of drug-likeness (QED) is 0.650. The maximum absolute atomic E-state index is 12.8. The minimum atomic E-state index is -0.806. The fourth-order valence-corrected chi connectivity index (χ4v) is 2.08. The number of ether oxygens (including phenoxy) is 1. The minimum absolute atomic E-state index is 0.312. The molecule has 2 aromatic carbocycles. The summed E-state index contributed by atoms with van der Waals surface area (Å²) in [6.45, 7) is 1.56. The van der Waals surface area contributed by atoms with Gasteiger partial charge in [-0.25, -0.2) is 9.82 Å². The molecule has 0 fully saturated rings. The van der Waals surface area contributed by atoms with E-state index in [1.54, 1.807) is 31.2 Å². The molecule has 4 nitrogen and oxygen atoms in total. The second kappa shape index (κ2) is 7.94. The zero-order valence-electron chi connectivity index (χ0n) is 12.1. The molecule has 0 aromatic heterocycles. The molecule has 0 heterocycles. The van der Waals surface area contributed by atoms with Gasteiger partial charge >= 0.3 is 0 Å². The van der Waals surface area contributed by atoms with E-state index >= 15 is 0 Å². The third-order valence-corrected chi connectivity index (χ3v) is 3.36. The lowest BCUT2D eigenvalue weighted by molar-refractivity contribution is -0.127. The molecule has 0 radical (unpaired) electrons. The van der Waals surface area contributed by atoms with Crippen molar-refractivity contribution in [1.82, 2.24) is 5.43 Å². The Kier molecular flexibility index (Phi) is 5.96. The third-order valence-electron chi connectivity index (χ3n) is 2.83. The molecular weight excluding hydrogens is 342 g/mol. The molecule has 23 heavy (non-hydrogen) atoms. The van der Waals surface area contributed by atoms with Crippen LogP contribution in [0.4, 0.5) is 4.39 Å². The van der Waals surface area contributed by atoms with E-state index < -0.39 is 12.0 Å². The Balaban J connectivity index is 1.90. The van der Waals surface area contributed by atoms with Gasteiger partial charge in [0.25, 0.3) is 5.91 Å². The lowest BCUT2D eigenvalue weighted by atomic mass is 10.2. The van der Waals surface area contributed by atoms with E-state index in [2.05, 4.69) is 10.5 Å². The summed E-state index contributed by atoms with van der Waals surface area (Å²) in [6.07, 6.45) is 0.596. The second-order valence-electron chi connectivity index (χ2n) is 4.62. The van der Waals surface area contributed by atoms with Crippen molar-refractivity contribution >= 4 is 35.3 Å². The topological polar surface area (TPSA) is 50.7 Å². The van der Waals surface area contributed by atoms with Crippen molar-refractivity contribution in [2.75, 3.05) is 0 Å². The highest BCUT2D eigenvalue weighted by molar-refractivity contribution is 6.35. The highest BCUT2D eigenvalue weighted by Gasteiger charge is 2.15. The predicted molar refractivity (Wildman–Crippen MR) is 88.7 cm³/mol. The maximum atomic E-state index is 12.8. The first-order valence-electron chi connectivity index (χ1n) is 6.66. The van der Waals surface area contributed by atoms with Gasteiger partial charge in [0.2, 0.25) is 0 Å². The molecule has 0 aliphatic rings. The second-order valence-corrected chi connectivity index (χ2v) is 5.46. The highest BCUT2D eigenvalue weighted by atomic mass is 35.5. The Morgan fingerprint density at radius 2 is 1.96 bits per heavy atom. The molecule has 0 bridgehead atoms. The lowest BCUT2D eigenvalue weighted by Crippen LogP contribution is -2.33. The van der Waals surface area contributed by atoms with Crippen molar-refractivity contribution in [2.24, 2.45) is 5.10 Å². The summed E-state index contributed by atoms with van der Waals surface area (Å²) < 4.78 is 18.2. The van der Waals surface area contributed by atoms with E-state index in [-0.39, 0.29) is 5.82 Å². The summed E-state index contributed by atoms with van der Waals surface area (Å²) in [4.78, 5) is 11.9. The van der Waals surface area contributed by atoms with Crippen molar-refractivity contribution < 1.29 is 13.9 Å².